The van der Waals surface area contributed by atoms with E-state index in [1.54, 1.807) is 7.05 Å². The summed E-state index contributed by atoms with van der Waals surface area (Å²) in [6.07, 6.45) is 0. The van der Waals surface area contributed by atoms with Crippen molar-refractivity contribution in [1.82, 2.24) is 5.32 Å². The van der Waals surface area contributed by atoms with Gasteiger partial charge in [-0.05, 0) is 13.1 Å². The van der Waals surface area contributed by atoms with E-state index in [0.717, 1.165) is 5.56 Å². The van der Waals surface area contributed by atoms with Crippen molar-refractivity contribution >= 4 is 35.6 Å². The zero-order valence-electron chi connectivity index (χ0n) is 6.55. The second kappa shape index (κ2) is 5.65. The quantitative estimate of drug-likeness (QED) is 0.603. The lowest BCUT2D eigenvalue weighted by Gasteiger charge is -2.09. The minimum absolute atomic E-state index is 0. The van der Waals surface area contributed by atoms with Gasteiger partial charge in [-0.25, -0.2) is 0 Å². The van der Waals surface area contributed by atoms with E-state index in [-0.39, 0.29) is 17.9 Å². The Hall–Kier alpha value is 0.0500. The van der Waals surface area contributed by atoms with Gasteiger partial charge in [0.05, 0.1) is 0 Å². The Morgan fingerprint density at radius 3 is 2.42 bits per heavy atom. The SMILES string of the molecule is CNC(Cl)c1ccccc1Cl.Cl. The lowest BCUT2D eigenvalue weighted by Crippen LogP contribution is -2.09. The number of nitrogens with one attached hydrogen (secondary N) is 1. The Labute approximate surface area is 88.5 Å². The Bertz CT molecular complexity index is 239. The summed E-state index contributed by atoms with van der Waals surface area (Å²) in [4.78, 5) is 0. The topological polar surface area (TPSA) is 12.0 Å². The molecule has 1 nitrogen and oxygen atoms in total. The Morgan fingerprint density at radius 2 is 1.92 bits per heavy atom. The van der Waals surface area contributed by atoms with Crippen LogP contribution in [0.5, 0.6) is 0 Å². The van der Waals surface area contributed by atoms with Crippen molar-refractivity contribution in [2.75, 3.05) is 7.05 Å². The van der Waals surface area contributed by atoms with Gasteiger partial charge in [0.1, 0.15) is 5.50 Å². The highest BCUT2D eigenvalue weighted by molar-refractivity contribution is 6.32. The van der Waals surface area contributed by atoms with Gasteiger partial charge < -0.3 is 5.32 Å². The molecule has 0 aliphatic heterocycles. The first-order valence-electron chi connectivity index (χ1n) is 3.31. The summed E-state index contributed by atoms with van der Waals surface area (Å²) < 4.78 is 0. The first-order valence-corrected chi connectivity index (χ1v) is 4.13. The molecule has 0 spiro atoms. The third-order valence-electron chi connectivity index (χ3n) is 1.43. The van der Waals surface area contributed by atoms with Gasteiger partial charge in [-0.1, -0.05) is 29.8 Å². The maximum atomic E-state index is 5.90. The van der Waals surface area contributed by atoms with Crippen molar-refractivity contribution in [1.29, 1.82) is 0 Å². The standard InChI is InChI=1S/C8H9Cl2N.ClH/c1-11-8(10)6-4-2-3-5-7(6)9;/h2-5,8,11H,1H3;1H. The van der Waals surface area contributed by atoms with E-state index in [4.69, 9.17) is 23.2 Å². The van der Waals surface area contributed by atoms with E-state index in [2.05, 4.69) is 5.32 Å². The molecule has 0 aliphatic rings. The largest absolute Gasteiger partial charge is 0.301 e. The average molecular weight is 227 g/mol. The first-order chi connectivity index (χ1) is 5.25. The van der Waals surface area contributed by atoms with Gasteiger partial charge in [0, 0.05) is 10.6 Å². The molecule has 0 amide bonds. The van der Waals surface area contributed by atoms with Gasteiger partial charge in [-0.2, -0.15) is 0 Å². The summed E-state index contributed by atoms with van der Waals surface area (Å²) in [5.41, 5.74) is 0.710. The fourth-order valence-corrected chi connectivity index (χ4v) is 1.33. The summed E-state index contributed by atoms with van der Waals surface area (Å²) >= 11 is 11.8. The van der Waals surface area contributed by atoms with Crippen LogP contribution < -0.4 is 5.32 Å². The predicted octanol–water partition coefficient (Wildman–Crippen LogP) is 3.22. The van der Waals surface area contributed by atoms with Crippen molar-refractivity contribution in [2.24, 2.45) is 0 Å². The molecule has 0 saturated heterocycles. The molecule has 0 saturated carbocycles. The van der Waals surface area contributed by atoms with Crippen LogP contribution in [0.3, 0.4) is 0 Å². The fraction of sp³-hybridized carbons (Fsp3) is 0.250. The molecule has 0 aliphatic carbocycles. The lowest BCUT2D eigenvalue weighted by atomic mass is 10.2. The van der Waals surface area contributed by atoms with Gasteiger partial charge in [0.25, 0.3) is 0 Å². The smallest absolute Gasteiger partial charge is 0.109 e. The van der Waals surface area contributed by atoms with Gasteiger partial charge in [0.2, 0.25) is 0 Å². The molecular weight excluding hydrogens is 216 g/mol. The monoisotopic (exact) mass is 225 g/mol. The lowest BCUT2D eigenvalue weighted by molar-refractivity contribution is 0.784. The summed E-state index contributed by atoms with van der Waals surface area (Å²) in [5, 5.41) is 3.60. The fourth-order valence-electron chi connectivity index (χ4n) is 0.836. The number of rotatable bonds is 2. The zero-order valence-corrected chi connectivity index (χ0v) is 8.88. The van der Waals surface area contributed by atoms with Gasteiger partial charge in [-0.3, -0.25) is 0 Å². The third-order valence-corrected chi connectivity index (χ3v) is 2.23. The zero-order chi connectivity index (χ0) is 8.27. The normalized spacial score (nSPS) is 11.9. The number of hydrogen-bond acceptors (Lipinski definition) is 1. The second-order valence-electron chi connectivity index (χ2n) is 2.17. The third kappa shape index (κ3) is 2.83. The van der Waals surface area contributed by atoms with Crippen LogP contribution in [-0.4, -0.2) is 7.05 Å². The highest BCUT2D eigenvalue weighted by Crippen LogP contribution is 2.24. The molecule has 0 heterocycles. The molecule has 0 aromatic heterocycles. The van der Waals surface area contributed by atoms with Crippen LogP contribution in [0.4, 0.5) is 0 Å². The molecule has 1 N–H and O–H groups in total. The average Bonchev–Trinajstić information content (AvgIpc) is 2.04. The van der Waals surface area contributed by atoms with Crippen LogP contribution >= 0.6 is 35.6 Å². The number of alkyl halides is 1. The number of hydrogen-bond donors (Lipinski definition) is 1. The summed E-state index contributed by atoms with van der Waals surface area (Å²) in [6, 6.07) is 7.51. The Balaban J connectivity index is 0.00000121. The highest BCUT2D eigenvalue weighted by Gasteiger charge is 2.06. The molecule has 1 aromatic carbocycles. The summed E-state index contributed by atoms with van der Waals surface area (Å²) in [5.74, 6) is 0. The maximum absolute atomic E-state index is 5.90. The Morgan fingerprint density at radius 1 is 1.33 bits per heavy atom. The maximum Gasteiger partial charge on any atom is 0.109 e. The van der Waals surface area contributed by atoms with Gasteiger partial charge >= 0.3 is 0 Å². The van der Waals surface area contributed by atoms with E-state index >= 15 is 0 Å². The Kier molecular flexibility index (Phi) is 5.68. The van der Waals surface area contributed by atoms with Crippen molar-refractivity contribution in [2.45, 2.75) is 5.50 Å². The van der Waals surface area contributed by atoms with Crippen LogP contribution in [0, 0.1) is 0 Å². The van der Waals surface area contributed by atoms with Crippen molar-refractivity contribution < 1.29 is 0 Å². The van der Waals surface area contributed by atoms with Crippen molar-refractivity contribution in [3.8, 4) is 0 Å². The van der Waals surface area contributed by atoms with Crippen LogP contribution in [0.1, 0.15) is 11.1 Å². The molecule has 1 rings (SSSR count). The molecule has 4 heteroatoms. The molecule has 0 radical (unpaired) electrons. The van der Waals surface area contributed by atoms with Crippen LogP contribution in [0.2, 0.25) is 5.02 Å². The molecule has 0 bridgehead atoms. The minimum atomic E-state index is -0.205. The van der Waals surface area contributed by atoms with Crippen molar-refractivity contribution in [3.05, 3.63) is 34.9 Å². The molecule has 1 atom stereocenters. The van der Waals surface area contributed by atoms with E-state index in [1.165, 1.54) is 0 Å². The van der Waals surface area contributed by atoms with Gasteiger partial charge in [0.15, 0.2) is 0 Å². The van der Waals surface area contributed by atoms with E-state index in [0.29, 0.717) is 5.02 Å². The molecule has 0 fully saturated rings. The number of benzene rings is 1. The molecule has 1 aromatic rings. The molecular formula is C8H10Cl3N. The number of halogens is 3. The first kappa shape index (κ1) is 12.0. The second-order valence-corrected chi connectivity index (χ2v) is 3.02. The van der Waals surface area contributed by atoms with E-state index < -0.39 is 0 Å². The van der Waals surface area contributed by atoms with Gasteiger partial charge in [-0.15, -0.1) is 24.0 Å². The molecule has 1 unspecified atom stereocenters. The van der Waals surface area contributed by atoms with E-state index in [1.807, 2.05) is 24.3 Å². The highest BCUT2D eigenvalue weighted by atomic mass is 35.5. The predicted molar refractivity (Wildman–Crippen MR) is 56.4 cm³/mol. The summed E-state index contributed by atoms with van der Waals surface area (Å²) in [7, 11) is 1.79. The van der Waals surface area contributed by atoms with Crippen molar-refractivity contribution in [3.63, 3.8) is 0 Å². The minimum Gasteiger partial charge on any atom is -0.301 e. The van der Waals surface area contributed by atoms with Crippen LogP contribution in [-0.2, 0) is 0 Å². The van der Waals surface area contributed by atoms with Crippen LogP contribution in [0.25, 0.3) is 0 Å². The molecule has 68 valence electrons. The van der Waals surface area contributed by atoms with E-state index in [9.17, 15) is 0 Å². The summed E-state index contributed by atoms with van der Waals surface area (Å²) in [6.45, 7) is 0. The molecule has 12 heavy (non-hydrogen) atoms. The van der Waals surface area contributed by atoms with Crippen LogP contribution in [0.15, 0.2) is 24.3 Å².